The standard InChI is InChI=1S/C12H20O4/c1-2-10(12(15)16)8-6-4-3-5-7-9-11(13)14/h2,10H,1,3-9H2,(H,13,14)(H,15,16). The minimum atomic E-state index is -0.819. The van der Waals surface area contributed by atoms with E-state index in [0.29, 0.717) is 12.8 Å². The van der Waals surface area contributed by atoms with Gasteiger partial charge >= 0.3 is 11.9 Å². The fourth-order valence-electron chi connectivity index (χ4n) is 1.51. The number of carboxylic acid groups (broad SMARTS) is 2. The maximum absolute atomic E-state index is 10.6. The molecular weight excluding hydrogens is 208 g/mol. The normalized spacial score (nSPS) is 12.0. The Labute approximate surface area is 96.0 Å². The second-order valence-corrected chi connectivity index (χ2v) is 3.88. The van der Waals surface area contributed by atoms with Crippen molar-refractivity contribution < 1.29 is 19.8 Å². The van der Waals surface area contributed by atoms with Crippen LogP contribution in [0, 0.1) is 5.92 Å². The summed E-state index contributed by atoms with van der Waals surface area (Å²) in [5, 5.41) is 17.1. The predicted octanol–water partition coefficient (Wildman–Crippen LogP) is 2.69. The van der Waals surface area contributed by atoms with E-state index in [1.807, 2.05) is 0 Å². The molecule has 0 fully saturated rings. The monoisotopic (exact) mass is 228 g/mol. The first-order valence-corrected chi connectivity index (χ1v) is 5.65. The highest BCUT2D eigenvalue weighted by molar-refractivity contribution is 5.71. The quantitative estimate of drug-likeness (QED) is 0.445. The van der Waals surface area contributed by atoms with Crippen LogP contribution in [0.1, 0.15) is 44.9 Å². The average molecular weight is 228 g/mol. The maximum Gasteiger partial charge on any atom is 0.310 e. The molecule has 0 aromatic heterocycles. The van der Waals surface area contributed by atoms with E-state index in [1.165, 1.54) is 6.08 Å². The Balaban J connectivity index is 3.35. The van der Waals surface area contributed by atoms with Crippen molar-refractivity contribution in [2.45, 2.75) is 44.9 Å². The number of carbonyl (C=O) groups is 2. The number of rotatable bonds is 10. The number of carboxylic acids is 2. The molecule has 0 saturated carbocycles. The van der Waals surface area contributed by atoms with E-state index in [9.17, 15) is 9.59 Å². The molecule has 0 rings (SSSR count). The molecule has 1 atom stereocenters. The van der Waals surface area contributed by atoms with Gasteiger partial charge < -0.3 is 10.2 Å². The van der Waals surface area contributed by atoms with Gasteiger partial charge in [-0.15, -0.1) is 6.58 Å². The zero-order valence-corrected chi connectivity index (χ0v) is 9.52. The van der Waals surface area contributed by atoms with Crippen LogP contribution in [0.4, 0.5) is 0 Å². The van der Waals surface area contributed by atoms with Crippen molar-refractivity contribution in [3.8, 4) is 0 Å². The van der Waals surface area contributed by atoms with E-state index in [-0.39, 0.29) is 6.42 Å². The van der Waals surface area contributed by atoms with E-state index >= 15 is 0 Å². The molecule has 0 heterocycles. The Morgan fingerprint density at radius 2 is 1.62 bits per heavy atom. The SMILES string of the molecule is C=CC(CCCCCCCC(=O)O)C(=O)O. The minimum absolute atomic E-state index is 0.227. The fourth-order valence-corrected chi connectivity index (χ4v) is 1.51. The molecule has 0 amide bonds. The summed E-state index contributed by atoms with van der Waals surface area (Å²) in [5.41, 5.74) is 0. The molecule has 92 valence electrons. The van der Waals surface area contributed by atoms with Gasteiger partial charge in [0.2, 0.25) is 0 Å². The smallest absolute Gasteiger partial charge is 0.310 e. The molecule has 1 unspecified atom stereocenters. The van der Waals surface area contributed by atoms with Crippen molar-refractivity contribution in [3.63, 3.8) is 0 Å². The zero-order chi connectivity index (χ0) is 12.4. The van der Waals surface area contributed by atoms with Gasteiger partial charge in [-0.25, -0.2) is 0 Å². The summed E-state index contributed by atoms with van der Waals surface area (Å²) >= 11 is 0. The van der Waals surface area contributed by atoms with E-state index in [2.05, 4.69) is 6.58 Å². The average Bonchev–Trinajstić information content (AvgIpc) is 2.21. The molecular formula is C12H20O4. The summed E-state index contributed by atoms with van der Waals surface area (Å²) in [7, 11) is 0. The Bertz CT molecular complexity index is 235. The van der Waals surface area contributed by atoms with Gasteiger partial charge in [-0.05, 0) is 12.8 Å². The highest BCUT2D eigenvalue weighted by atomic mass is 16.4. The van der Waals surface area contributed by atoms with Crippen LogP contribution in [0.2, 0.25) is 0 Å². The van der Waals surface area contributed by atoms with Crippen molar-refractivity contribution >= 4 is 11.9 Å². The van der Waals surface area contributed by atoms with Crippen molar-refractivity contribution in [3.05, 3.63) is 12.7 Å². The summed E-state index contributed by atoms with van der Waals surface area (Å²) in [6.07, 6.45) is 6.70. The molecule has 0 aromatic rings. The van der Waals surface area contributed by atoms with Crippen LogP contribution in [0.3, 0.4) is 0 Å². The first-order valence-electron chi connectivity index (χ1n) is 5.65. The zero-order valence-electron chi connectivity index (χ0n) is 9.52. The summed E-state index contributed by atoms with van der Waals surface area (Å²) in [4.78, 5) is 20.9. The van der Waals surface area contributed by atoms with E-state index < -0.39 is 17.9 Å². The Hall–Kier alpha value is -1.32. The van der Waals surface area contributed by atoms with Crippen LogP contribution in [0.15, 0.2) is 12.7 Å². The molecule has 16 heavy (non-hydrogen) atoms. The van der Waals surface area contributed by atoms with Crippen molar-refractivity contribution in [1.29, 1.82) is 0 Å². The first kappa shape index (κ1) is 14.7. The van der Waals surface area contributed by atoms with Gasteiger partial charge in [0.25, 0.3) is 0 Å². The summed E-state index contributed by atoms with van der Waals surface area (Å²) in [6.45, 7) is 3.48. The minimum Gasteiger partial charge on any atom is -0.481 e. The predicted molar refractivity (Wildman–Crippen MR) is 61.3 cm³/mol. The van der Waals surface area contributed by atoms with E-state index in [0.717, 1.165) is 25.7 Å². The lowest BCUT2D eigenvalue weighted by atomic mass is 10.0. The molecule has 0 aliphatic rings. The summed E-state index contributed by atoms with van der Waals surface area (Å²) in [5.74, 6) is -2.02. The van der Waals surface area contributed by atoms with Crippen LogP contribution >= 0.6 is 0 Å². The van der Waals surface area contributed by atoms with Gasteiger partial charge in [0.05, 0.1) is 5.92 Å². The van der Waals surface area contributed by atoms with Crippen LogP contribution in [-0.2, 0) is 9.59 Å². The second-order valence-electron chi connectivity index (χ2n) is 3.88. The number of hydrogen-bond donors (Lipinski definition) is 2. The number of unbranched alkanes of at least 4 members (excludes halogenated alkanes) is 4. The van der Waals surface area contributed by atoms with Gasteiger partial charge in [0, 0.05) is 6.42 Å². The first-order chi connectivity index (χ1) is 7.57. The fraction of sp³-hybridized carbons (Fsp3) is 0.667. The van der Waals surface area contributed by atoms with Crippen LogP contribution in [0.5, 0.6) is 0 Å². The molecule has 0 aromatic carbocycles. The van der Waals surface area contributed by atoms with Gasteiger partial charge in [0.15, 0.2) is 0 Å². The number of hydrogen-bond acceptors (Lipinski definition) is 2. The molecule has 0 bridgehead atoms. The molecule has 0 aliphatic heterocycles. The highest BCUT2D eigenvalue weighted by Gasteiger charge is 2.11. The molecule has 4 nitrogen and oxygen atoms in total. The topological polar surface area (TPSA) is 74.6 Å². The van der Waals surface area contributed by atoms with Crippen LogP contribution < -0.4 is 0 Å². The highest BCUT2D eigenvalue weighted by Crippen LogP contribution is 2.13. The third-order valence-electron chi connectivity index (χ3n) is 2.51. The summed E-state index contributed by atoms with van der Waals surface area (Å²) in [6, 6.07) is 0. The van der Waals surface area contributed by atoms with Gasteiger partial charge in [-0.2, -0.15) is 0 Å². The van der Waals surface area contributed by atoms with Crippen LogP contribution in [0.25, 0.3) is 0 Å². The third-order valence-corrected chi connectivity index (χ3v) is 2.51. The Morgan fingerprint density at radius 3 is 2.12 bits per heavy atom. The third kappa shape index (κ3) is 8.03. The van der Waals surface area contributed by atoms with Crippen LogP contribution in [-0.4, -0.2) is 22.2 Å². The van der Waals surface area contributed by atoms with Crippen molar-refractivity contribution in [2.75, 3.05) is 0 Å². The molecule has 0 spiro atoms. The lowest BCUT2D eigenvalue weighted by Crippen LogP contribution is -2.10. The van der Waals surface area contributed by atoms with Crippen molar-refractivity contribution in [1.82, 2.24) is 0 Å². The van der Waals surface area contributed by atoms with Crippen molar-refractivity contribution in [2.24, 2.45) is 5.92 Å². The van der Waals surface area contributed by atoms with Gasteiger partial charge in [-0.1, -0.05) is 31.8 Å². The van der Waals surface area contributed by atoms with Gasteiger partial charge in [-0.3, -0.25) is 9.59 Å². The lowest BCUT2D eigenvalue weighted by molar-refractivity contribution is -0.140. The maximum atomic E-state index is 10.6. The van der Waals surface area contributed by atoms with Gasteiger partial charge in [0.1, 0.15) is 0 Å². The molecule has 2 N–H and O–H groups in total. The second kappa shape index (κ2) is 8.95. The Kier molecular flexibility index (Phi) is 8.21. The summed E-state index contributed by atoms with van der Waals surface area (Å²) < 4.78 is 0. The Morgan fingerprint density at radius 1 is 1.06 bits per heavy atom. The largest absolute Gasteiger partial charge is 0.481 e. The molecule has 0 radical (unpaired) electrons. The van der Waals surface area contributed by atoms with E-state index in [1.54, 1.807) is 0 Å². The van der Waals surface area contributed by atoms with E-state index in [4.69, 9.17) is 10.2 Å². The molecule has 0 aliphatic carbocycles. The number of aliphatic carboxylic acids is 2. The molecule has 0 saturated heterocycles. The lowest BCUT2D eigenvalue weighted by Gasteiger charge is -2.06. The molecule has 4 heteroatoms.